The molecule has 7 heteroatoms. The average molecular weight is 318 g/mol. The van der Waals surface area contributed by atoms with Crippen LogP contribution in [0.15, 0.2) is 29.4 Å². The number of amides is 2. The molecule has 0 aromatic heterocycles. The number of carbonyl (C=O) groups excluding carboxylic acids is 4. The second kappa shape index (κ2) is 8.57. The molecule has 1 N–H and O–H groups in total. The van der Waals surface area contributed by atoms with Gasteiger partial charge in [-0.3, -0.25) is 14.4 Å². The summed E-state index contributed by atoms with van der Waals surface area (Å²) in [4.78, 5) is 45.6. The van der Waals surface area contributed by atoms with Crippen LogP contribution >= 0.6 is 0 Å². The van der Waals surface area contributed by atoms with E-state index in [1.165, 1.54) is 13.8 Å². The molecule has 0 atom stereocenters. The lowest BCUT2D eigenvalue weighted by Gasteiger charge is -2.18. The van der Waals surface area contributed by atoms with E-state index in [4.69, 9.17) is 5.21 Å². The van der Waals surface area contributed by atoms with E-state index in [0.29, 0.717) is 11.8 Å². The fourth-order valence-electron chi connectivity index (χ4n) is 2.06. The van der Waals surface area contributed by atoms with Gasteiger partial charge >= 0.3 is 0 Å². The van der Waals surface area contributed by atoms with Crippen LogP contribution in [0, 0.1) is 0 Å². The Labute approximate surface area is 133 Å². The number of benzene rings is 1. The van der Waals surface area contributed by atoms with Crippen LogP contribution in [-0.2, 0) is 25.6 Å². The Morgan fingerprint density at radius 3 is 2.13 bits per heavy atom. The standard InChI is InChI=1S/C16H18N2O5/c1-11(20)18(12(2)21)16(17-23)14-7-5-13(6-8-14)10-15(22)4-3-9-19/h5-9,23H,3-4,10H2,1-2H3/b17-16-. The molecular formula is C16H18N2O5. The maximum absolute atomic E-state index is 11.6. The van der Waals surface area contributed by atoms with E-state index in [-0.39, 0.29) is 30.9 Å². The van der Waals surface area contributed by atoms with Crippen LogP contribution < -0.4 is 0 Å². The van der Waals surface area contributed by atoms with Gasteiger partial charge in [0.1, 0.15) is 12.1 Å². The minimum atomic E-state index is -0.571. The minimum absolute atomic E-state index is 0.0602. The Hall–Kier alpha value is -2.83. The van der Waals surface area contributed by atoms with Gasteiger partial charge < -0.3 is 10.0 Å². The maximum atomic E-state index is 11.6. The molecule has 1 aromatic rings. The zero-order chi connectivity index (χ0) is 17.4. The highest BCUT2D eigenvalue weighted by Gasteiger charge is 2.22. The minimum Gasteiger partial charge on any atom is -0.409 e. The van der Waals surface area contributed by atoms with Crippen LogP contribution in [0.4, 0.5) is 0 Å². The average Bonchev–Trinajstić information content (AvgIpc) is 2.50. The van der Waals surface area contributed by atoms with E-state index in [2.05, 4.69) is 5.16 Å². The predicted molar refractivity (Wildman–Crippen MR) is 82.0 cm³/mol. The molecule has 122 valence electrons. The lowest BCUT2D eigenvalue weighted by molar-refractivity contribution is -0.137. The van der Waals surface area contributed by atoms with E-state index in [0.717, 1.165) is 10.5 Å². The van der Waals surface area contributed by atoms with Gasteiger partial charge in [0.15, 0.2) is 5.84 Å². The third kappa shape index (κ3) is 5.14. The van der Waals surface area contributed by atoms with Crippen molar-refractivity contribution in [1.82, 2.24) is 4.90 Å². The molecule has 0 radical (unpaired) electrons. The summed E-state index contributed by atoms with van der Waals surface area (Å²) < 4.78 is 0. The van der Waals surface area contributed by atoms with Crippen molar-refractivity contribution >= 4 is 29.7 Å². The number of nitrogens with zero attached hydrogens (tertiary/aromatic N) is 2. The maximum Gasteiger partial charge on any atom is 0.231 e. The van der Waals surface area contributed by atoms with Crippen molar-refractivity contribution in [3.05, 3.63) is 35.4 Å². The van der Waals surface area contributed by atoms with Crippen LogP contribution in [-0.4, -0.2) is 39.8 Å². The van der Waals surface area contributed by atoms with E-state index in [1.54, 1.807) is 24.3 Å². The summed E-state index contributed by atoms with van der Waals surface area (Å²) in [5.74, 6) is -1.38. The number of oxime groups is 1. The summed E-state index contributed by atoms with van der Waals surface area (Å²) in [7, 11) is 0. The van der Waals surface area contributed by atoms with Gasteiger partial charge in [-0.2, -0.15) is 0 Å². The molecule has 0 aliphatic heterocycles. The fourth-order valence-corrected chi connectivity index (χ4v) is 2.06. The lowest BCUT2D eigenvalue weighted by Crippen LogP contribution is -2.39. The number of imide groups is 1. The summed E-state index contributed by atoms with van der Waals surface area (Å²) in [6, 6.07) is 6.38. The molecule has 1 rings (SSSR count). The lowest BCUT2D eigenvalue weighted by atomic mass is 10.0. The van der Waals surface area contributed by atoms with Gasteiger partial charge in [-0.25, -0.2) is 4.90 Å². The van der Waals surface area contributed by atoms with Crippen molar-refractivity contribution in [2.45, 2.75) is 33.1 Å². The highest BCUT2D eigenvalue weighted by Crippen LogP contribution is 2.11. The highest BCUT2D eigenvalue weighted by atomic mass is 16.4. The number of Topliss-reactive ketones (excluding diaryl/α,β-unsaturated/α-hetero) is 1. The van der Waals surface area contributed by atoms with Crippen LogP contribution in [0.2, 0.25) is 0 Å². The fraction of sp³-hybridized carbons (Fsp3) is 0.312. The topological polar surface area (TPSA) is 104 Å². The second-order valence-corrected chi connectivity index (χ2v) is 4.91. The normalized spacial score (nSPS) is 11.0. The SMILES string of the molecule is CC(=O)N(C(C)=O)/C(=N\O)c1ccc(CC(=O)CCC=O)cc1. The molecule has 0 spiro atoms. The molecule has 23 heavy (non-hydrogen) atoms. The van der Waals surface area contributed by atoms with E-state index < -0.39 is 11.8 Å². The van der Waals surface area contributed by atoms with E-state index in [1.807, 2.05) is 0 Å². The van der Waals surface area contributed by atoms with Crippen molar-refractivity contribution in [2.75, 3.05) is 0 Å². The largest absolute Gasteiger partial charge is 0.409 e. The number of ketones is 1. The smallest absolute Gasteiger partial charge is 0.231 e. The Morgan fingerprint density at radius 2 is 1.70 bits per heavy atom. The molecule has 0 heterocycles. The van der Waals surface area contributed by atoms with Gasteiger partial charge in [0, 0.05) is 38.7 Å². The van der Waals surface area contributed by atoms with Crippen molar-refractivity contribution in [3.63, 3.8) is 0 Å². The third-order valence-corrected chi connectivity index (χ3v) is 3.09. The summed E-state index contributed by atoms with van der Waals surface area (Å²) in [5.41, 5.74) is 1.08. The van der Waals surface area contributed by atoms with Crippen molar-refractivity contribution < 1.29 is 24.4 Å². The molecule has 2 amide bonds. The first-order valence-corrected chi connectivity index (χ1v) is 6.98. The van der Waals surface area contributed by atoms with Crippen LogP contribution in [0.1, 0.15) is 37.8 Å². The Kier molecular flexibility index (Phi) is 6.79. The number of hydrogen-bond donors (Lipinski definition) is 1. The van der Waals surface area contributed by atoms with Gasteiger partial charge in [0.05, 0.1) is 0 Å². The van der Waals surface area contributed by atoms with E-state index in [9.17, 15) is 19.2 Å². The molecule has 0 bridgehead atoms. The summed E-state index contributed by atoms with van der Waals surface area (Å²) in [6.07, 6.45) is 1.27. The van der Waals surface area contributed by atoms with Gasteiger partial charge in [-0.05, 0) is 5.56 Å². The zero-order valence-electron chi connectivity index (χ0n) is 13.0. The number of hydrogen-bond acceptors (Lipinski definition) is 6. The first-order chi connectivity index (χ1) is 10.9. The number of rotatable bonds is 6. The first-order valence-electron chi connectivity index (χ1n) is 6.98. The molecule has 0 saturated heterocycles. The van der Waals surface area contributed by atoms with Gasteiger partial charge in [-0.1, -0.05) is 29.4 Å². The Bertz CT molecular complexity index is 620. The van der Waals surface area contributed by atoms with Crippen LogP contribution in [0.25, 0.3) is 0 Å². The Balaban J connectivity index is 2.93. The number of amidine groups is 1. The summed E-state index contributed by atoms with van der Waals surface area (Å²) in [6.45, 7) is 2.37. The van der Waals surface area contributed by atoms with Gasteiger partial charge in [-0.15, -0.1) is 0 Å². The summed E-state index contributed by atoms with van der Waals surface area (Å²) >= 11 is 0. The summed E-state index contributed by atoms with van der Waals surface area (Å²) in [5, 5.41) is 12.1. The highest BCUT2D eigenvalue weighted by molar-refractivity contribution is 6.17. The zero-order valence-corrected chi connectivity index (χ0v) is 13.0. The molecule has 0 unspecified atom stereocenters. The van der Waals surface area contributed by atoms with Crippen molar-refractivity contribution in [3.8, 4) is 0 Å². The third-order valence-electron chi connectivity index (χ3n) is 3.09. The predicted octanol–water partition coefficient (Wildman–Crippen LogP) is 1.31. The second-order valence-electron chi connectivity index (χ2n) is 4.91. The van der Waals surface area contributed by atoms with Crippen molar-refractivity contribution in [2.24, 2.45) is 5.16 Å². The Morgan fingerprint density at radius 1 is 1.13 bits per heavy atom. The molecule has 0 fully saturated rings. The quantitative estimate of drug-likeness (QED) is 0.280. The molecule has 0 saturated carbocycles. The van der Waals surface area contributed by atoms with Crippen molar-refractivity contribution in [1.29, 1.82) is 0 Å². The number of carbonyl (C=O) groups is 4. The monoisotopic (exact) mass is 318 g/mol. The van der Waals surface area contributed by atoms with Crippen LogP contribution in [0.5, 0.6) is 0 Å². The molecular weight excluding hydrogens is 300 g/mol. The van der Waals surface area contributed by atoms with Gasteiger partial charge in [0.2, 0.25) is 11.8 Å². The first kappa shape index (κ1) is 18.2. The van der Waals surface area contributed by atoms with Gasteiger partial charge in [0.25, 0.3) is 0 Å². The van der Waals surface area contributed by atoms with Crippen LogP contribution in [0.3, 0.4) is 0 Å². The number of aldehydes is 1. The van der Waals surface area contributed by atoms with E-state index >= 15 is 0 Å². The molecule has 7 nitrogen and oxygen atoms in total. The molecule has 0 aliphatic carbocycles. The molecule has 0 aliphatic rings. The molecule has 1 aromatic carbocycles.